The largest absolute Gasteiger partial charge is 0.373 e. The van der Waals surface area contributed by atoms with E-state index in [2.05, 4.69) is 5.10 Å². The number of Topliss-reactive ketones (excluding diaryl/α,β-unsaturated/α-hetero) is 1. The lowest BCUT2D eigenvalue weighted by atomic mass is 9.92. The molecule has 1 aliphatic heterocycles. The Morgan fingerprint density at radius 1 is 1.41 bits per heavy atom. The van der Waals surface area contributed by atoms with Crippen LogP contribution in [0.2, 0.25) is 5.02 Å². The molecular formula is C19H21ClFN3O3. The number of carbonyl (C=O) groups excluding carboxylic acids is 2. The molecule has 1 aromatic heterocycles. The number of nitrogens with zero attached hydrogens (tertiary/aromatic N) is 3. The van der Waals surface area contributed by atoms with Gasteiger partial charge in [-0.2, -0.15) is 5.10 Å². The minimum absolute atomic E-state index is 0.0153. The van der Waals surface area contributed by atoms with Crippen molar-refractivity contribution in [3.8, 4) is 0 Å². The molecule has 0 spiro atoms. The van der Waals surface area contributed by atoms with E-state index in [1.165, 1.54) is 17.0 Å². The molecule has 2 aromatic rings. The highest BCUT2D eigenvalue weighted by molar-refractivity contribution is 6.30. The van der Waals surface area contributed by atoms with Crippen molar-refractivity contribution >= 4 is 29.0 Å². The van der Waals surface area contributed by atoms with Gasteiger partial charge in [0.05, 0.1) is 11.9 Å². The Balaban J connectivity index is 1.70. The molecule has 1 N–H and O–H groups in total. The lowest BCUT2D eigenvalue weighted by Crippen LogP contribution is -2.47. The quantitative estimate of drug-likeness (QED) is 0.765. The van der Waals surface area contributed by atoms with Gasteiger partial charge in [-0.15, -0.1) is 0 Å². The predicted molar refractivity (Wildman–Crippen MR) is 99.3 cm³/mol. The van der Waals surface area contributed by atoms with Crippen LogP contribution in [0.3, 0.4) is 0 Å². The van der Waals surface area contributed by atoms with Gasteiger partial charge in [-0.1, -0.05) is 11.6 Å². The van der Waals surface area contributed by atoms with E-state index in [4.69, 9.17) is 11.6 Å². The Kier molecular flexibility index (Phi) is 5.35. The topological polar surface area (TPSA) is 75.4 Å². The van der Waals surface area contributed by atoms with Crippen molar-refractivity contribution < 1.29 is 19.1 Å². The Morgan fingerprint density at radius 2 is 2.15 bits per heavy atom. The van der Waals surface area contributed by atoms with Crippen LogP contribution in [0, 0.1) is 5.82 Å². The second-order valence-electron chi connectivity index (χ2n) is 7.04. The number of aliphatic hydroxyl groups is 1. The third kappa shape index (κ3) is 3.89. The van der Waals surface area contributed by atoms with Crippen LogP contribution in [0.1, 0.15) is 38.3 Å². The number of anilines is 1. The number of aryl methyl sites for hydroxylation is 1. The van der Waals surface area contributed by atoms with Crippen LogP contribution in [-0.4, -0.2) is 38.7 Å². The summed E-state index contributed by atoms with van der Waals surface area (Å²) in [5.41, 5.74) is -0.969. The minimum Gasteiger partial charge on any atom is -0.373 e. The minimum atomic E-state index is -2.06. The summed E-state index contributed by atoms with van der Waals surface area (Å²) < 4.78 is 15.1. The van der Waals surface area contributed by atoms with Gasteiger partial charge in [-0.25, -0.2) is 4.39 Å². The molecule has 1 amide bonds. The zero-order chi connectivity index (χ0) is 19.8. The molecule has 3 rings (SSSR count). The van der Waals surface area contributed by atoms with Crippen LogP contribution < -0.4 is 4.90 Å². The van der Waals surface area contributed by atoms with Gasteiger partial charge in [-0.3, -0.25) is 14.3 Å². The van der Waals surface area contributed by atoms with Crippen molar-refractivity contribution in [3.63, 3.8) is 0 Å². The van der Waals surface area contributed by atoms with E-state index in [-0.39, 0.29) is 36.9 Å². The van der Waals surface area contributed by atoms with Crippen LogP contribution in [-0.2, 0) is 16.0 Å². The lowest BCUT2D eigenvalue weighted by molar-refractivity contribution is -0.147. The summed E-state index contributed by atoms with van der Waals surface area (Å²) in [6, 6.07) is 4.16. The molecule has 0 unspecified atom stereocenters. The molecule has 1 atom stereocenters. The molecule has 0 aliphatic carbocycles. The summed E-state index contributed by atoms with van der Waals surface area (Å²) in [7, 11) is 0. The third-order valence-corrected chi connectivity index (χ3v) is 4.97. The van der Waals surface area contributed by atoms with Crippen molar-refractivity contribution in [2.75, 3.05) is 11.4 Å². The van der Waals surface area contributed by atoms with E-state index < -0.39 is 23.1 Å². The smallest absolute Gasteiger partial charge is 0.266 e. The van der Waals surface area contributed by atoms with Crippen molar-refractivity contribution in [2.45, 2.75) is 44.8 Å². The first-order chi connectivity index (χ1) is 12.7. The number of carbonyl (C=O) groups is 2. The fourth-order valence-corrected chi connectivity index (χ4v) is 3.42. The van der Waals surface area contributed by atoms with Crippen LogP contribution in [0.5, 0.6) is 0 Å². The lowest BCUT2D eigenvalue weighted by Gasteiger charge is -2.20. The molecular weight excluding hydrogens is 373 g/mol. The number of benzene rings is 1. The van der Waals surface area contributed by atoms with Crippen LogP contribution in [0.4, 0.5) is 10.1 Å². The van der Waals surface area contributed by atoms with E-state index in [1.807, 2.05) is 13.8 Å². The molecule has 1 aromatic carbocycles. The summed E-state index contributed by atoms with van der Waals surface area (Å²) in [5, 5.41) is 15.1. The Morgan fingerprint density at radius 3 is 2.78 bits per heavy atom. The molecule has 6 nitrogen and oxygen atoms in total. The summed E-state index contributed by atoms with van der Waals surface area (Å²) in [4.78, 5) is 26.6. The molecule has 8 heteroatoms. The highest BCUT2D eigenvalue weighted by Crippen LogP contribution is 2.30. The van der Waals surface area contributed by atoms with Crippen LogP contribution in [0.15, 0.2) is 30.6 Å². The van der Waals surface area contributed by atoms with Crippen molar-refractivity contribution in [2.24, 2.45) is 0 Å². The van der Waals surface area contributed by atoms with Gasteiger partial charge in [0.1, 0.15) is 5.82 Å². The van der Waals surface area contributed by atoms with Gasteiger partial charge in [0, 0.05) is 36.6 Å². The van der Waals surface area contributed by atoms with Crippen LogP contribution in [0.25, 0.3) is 0 Å². The van der Waals surface area contributed by atoms with Gasteiger partial charge < -0.3 is 10.0 Å². The molecule has 2 heterocycles. The fourth-order valence-electron chi connectivity index (χ4n) is 3.18. The fraction of sp³-hybridized carbons (Fsp3) is 0.421. The maximum absolute atomic E-state index is 13.4. The van der Waals surface area contributed by atoms with E-state index in [0.29, 0.717) is 11.3 Å². The summed E-state index contributed by atoms with van der Waals surface area (Å²) in [5.74, 6) is -1.71. The Hall–Kier alpha value is -2.25. The van der Waals surface area contributed by atoms with Gasteiger partial charge in [0.2, 0.25) is 5.60 Å². The number of amides is 1. The first kappa shape index (κ1) is 19.5. The first-order valence-electron chi connectivity index (χ1n) is 8.77. The van der Waals surface area contributed by atoms with Gasteiger partial charge in [-0.05, 0) is 44.0 Å². The molecule has 0 saturated carbocycles. The highest BCUT2D eigenvalue weighted by atomic mass is 35.5. The summed E-state index contributed by atoms with van der Waals surface area (Å²) >= 11 is 5.81. The Labute approximate surface area is 161 Å². The van der Waals surface area contributed by atoms with Gasteiger partial charge >= 0.3 is 0 Å². The second kappa shape index (κ2) is 7.40. The molecule has 0 bridgehead atoms. The standard InChI is InChI=1S/C19H21ClFN3O3/c1-12(2)24-11-16(10-22-24)23-6-5-19(27,18(23)26)17(25)4-3-13-7-14(20)9-15(21)8-13/h7-12,27H,3-6H2,1-2H3/t19-/m0/s1. The number of rotatable bonds is 6. The van der Waals surface area contributed by atoms with E-state index >= 15 is 0 Å². The van der Waals surface area contributed by atoms with Gasteiger partial charge in [0.25, 0.3) is 5.91 Å². The van der Waals surface area contributed by atoms with Crippen molar-refractivity contribution in [1.29, 1.82) is 0 Å². The molecule has 1 fully saturated rings. The number of hydrogen-bond donors (Lipinski definition) is 1. The average Bonchev–Trinajstić information content (AvgIpc) is 3.18. The highest BCUT2D eigenvalue weighted by Gasteiger charge is 2.51. The SMILES string of the molecule is CC(C)n1cc(N2CC[C@](O)(C(=O)CCc3cc(F)cc(Cl)c3)C2=O)cn1. The van der Waals surface area contributed by atoms with Crippen molar-refractivity contribution in [3.05, 3.63) is 47.0 Å². The predicted octanol–water partition coefficient (Wildman–Crippen LogP) is 2.93. The monoisotopic (exact) mass is 393 g/mol. The normalized spacial score (nSPS) is 19.9. The molecule has 27 heavy (non-hydrogen) atoms. The maximum atomic E-state index is 13.4. The number of aromatic nitrogens is 2. The maximum Gasteiger partial charge on any atom is 0.266 e. The molecule has 1 aliphatic rings. The molecule has 144 valence electrons. The van der Waals surface area contributed by atoms with Gasteiger partial charge in [0.15, 0.2) is 5.78 Å². The molecule has 0 radical (unpaired) electrons. The second-order valence-corrected chi connectivity index (χ2v) is 7.48. The zero-order valence-corrected chi connectivity index (χ0v) is 15.9. The van der Waals surface area contributed by atoms with Crippen LogP contribution >= 0.6 is 11.6 Å². The zero-order valence-electron chi connectivity index (χ0n) is 15.2. The number of halogens is 2. The van der Waals surface area contributed by atoms with Crippen molar-refractivity contribution in [1.82, 2.24) is 9.78 Å². The molecule has 1 saturated heterocycles. The number of hydrogen-bond acceptors (Lipinski definition) is 4. The average molecular weight is 394 g/mol. The number of ketones is 1. The summed E-state index contributed by atoms with van der Waals surface area (Å²) in [6.07, 6.45) is 3.39. The Bertz CT molecular complexity index is 863. The first-order valence-corrected chi connectivity index (χ1v) is 9.15. The third-order valence-electron chi connectivity index (χ3n) is 4.75. The van der Waals surface area contributed by atoms with E-state index in [0.717, 1.165) is 0 Å². The van der Waals surface area contributed by atoms with E-state index in [1.54, 1.807) is 23.1 Å². The van der Waals surface area contributed by atoms with E-state index in [9.17, 15) is 19.1 Å². The summed E-state index contributed by atoms with van der Waals surface area (Å²) in [6.45, 7) is 4.15.